The summed E-state index contributed by atoms with van der Waals surface area (Å²) in [5.41, 5.74) is 2.59. The smallest absolute Gasteiger partial charge is 0.340 e. The fourth-order valence-electron chi connectivity index (χ4n) is 3.38. The van der Waals surface area contributed by atoms with Gasteiger partial charge in [-0.25, -0.2) is 9.78 Å². The fourth-order valence-corrected chi connectivity index (χ4v) is 3.38. The van der Waals surface area contributed by atoms with E-state index in [1.54, 1.807) is 19.9 Å². The van der Waals surface area contributed by atoms with Gasteiger partial charge in [0, 0.05) is 10.9 Å². The van der Waals surface area contributed by atoms with Crippen LogP contribution in [0.1, 0.15) is 23.1 Å². The molecule has 0 atom stereocenters. The van der Waals surface area contributed by atoms with Crippen LogP contribution >= 0.6 is 0 Å². The van der Waals surface area contributed by atoms with Crippen LogP contribution in [0.4, 0.5) is 0 Å². The molecular formula is C22H18N2O3. The van der Waals surface area contributed by atoms with Crippen LogP contribution in [0.3, 0.4) is 0 Å². The average Bonchev–Trinajstić information content (AvgIpc) is 2.68. The highest BCUT2D eigenvalue weighted by Gasteiger charge is 2.20. The number of carbonyl (C=O) groups is 1. The molecule has 134 valence electrons. The van der Waals surface area contributed by atoms with E-state index in [0.717, 1.165) is 16.5 Å². The molecule has 2 heterocycles. The van der Waals surface area contributed by atoms with Gasteiger partial charge in [0.15, 0.2) is 0 Å². The minimum atomic E-state index is -0.456. The van der Waals surface area contributed by atoms with E-state index < -0.39 is 5.97 Å². The number of pyridine rings is 1. The summed E-state index contributed by atoms with van der Waals surface area (Å²) in [6.07, 6.45) is 0. The van der Waals surface area contributed by atoms with Crippen LogP contribution < -0.4 is 5.56 Å². The molecule has 0 amide bonds. The Kier molecular flexibility index (Phi) is 4.20. The molecular weight excluding hydrogens is 340 g/mol. The number of para-hydroxylation sites is 1. The summed E-state index contributed by atoms with van der Waals surface area (Å²) < 4.78 is 6.79. The first-order valence-electron chi connectivity index (χ1n) is 8.79. The van der Waals surface area contributed by atoms with E-state index in [1.165, 1.54) is 4.40 Å². The molecule has 0 aliphatic heterocycles. The SMILES string of the molecule is CCOC(=O)c1cc(-c2ccccc2)c(=O)n2c(C)nc3ccccc3c12. The molecule has 0 fully saturated rings. The Morgan fingerprint density at radius 2 is 1.78 bits per heavy atom. The molecule has 0 N–H and O–H groups in total. The van der Waals surface area contributed by atoms with Crippen molar-refractivity contribution in [1.82, 2.24) is 9.38 Å². The predicted molar refractivity (Wildman–Crippen MR) is 105 cm³/mol. The highest BCUT2D eigenvalue weighted by atomic mass is 16.5. The van der Waals surface area contributed by atoms with Crippen LogP contribution in [0.5, 0.6) is 0 Å². The van der Waals surface area contributed by atoms with Crippen molar-refractivity contribution in [3.8, 4) is 11.1 Å². The summed E-state index contributed by atoms with van der Waals surface area (Å²) in [5.74, 6) is 0.0694. The second-order valence-electron chi connectivity index (χ2n) is 6.22. The molecule has 0 radical (unpaired) electrons. The molecule has 2 aromatic carbocycles. The van der Waals surface area contributed by atoms with Gasteiger partial charge in [0.1, 0.15) is 5.82 Å². The van der Waals surface area contributed by atoms with E-state index in [4.69, 9.17) is 4.74 Å². The molecule has 0 spiro atoms. The average molecular weight is 358 g/mol. The second kappa shape index (κ2) is 6.68. The van der Waals surface area contributed by atoms with Crippen LogP contribution in [-0.2, 0) is 4.74 Å². The predicted octanol–water partition coefficient (Wildman–Crippen LogP) is 4.00. The number of esters is 1. The van der Waals surface area contributed by atoms with E-state index in [1.807, 2.05) is 54.6 Å². The third-order valence-electron chi connectivity index (χ3n) is 4.55. The Labute approximate surface area is 155 Å². The first-order chi connectivity index (χ1) is 13.1. The van der Waals surface area contributed by atoms with E-state index in [9.17, 15) is 9.59 Å². The zero-order valence-corrected chi connectivity index (χ0v) is 15.1. The molecule has 5 nitrogen and oxygen atoms in total. The first-order valence-corrected chi connectivity index (χ1v) is 8.79. The first kappa shape index (κ1) is 17.0. The van der Waals surface area contributed by atoms with E-state index in [-0.39, 0.29) is 12.2 Å². The number of carbonyl (C=O) groups excluding carboxylic acids is 1. The summed E-state index contributed by atoms with van der Waals surface area (Å²) in [6.45, 7) is 3.79. The largest absolute Gasteiger partial charge is 0.462 e. The molecule has 27 heavy (non-hydrogen) atoms. The van der Waals surface area contributed by atoms with Crippen molar-refractivity contribution < 1.29 is 9.53 Å². The van der Waals surface area contributed by atoms with Gasteiger partial charge < -0.3 is 4.74 Å². The Balaban J connectivity index is 2.21. The van der Waals surface area contributed by atoms with Gasteiger partial charge in [-0.1, -0.05) is 48.5 Å². The zero-order chi connectivity index (χ0) is 19.0. The molecule has 5 heteroatoms. The van der Waals surface area contributed by atoms with E-state index in [0.29, 0.717) is 22.5 Å². The lowest BCUT2D eigenvalue weighted by Gasteiger charge is -2.14. The summed E-state index contributed by atoms with van der Waals surface area (Å²) in [6, 6.07) is 18.4. The third kappa shape index (κ3) is 2.77. The second-order valence-corrected chi connectivity index (χ2v) is 6.22. The minimum Gasteiger partial charge on any atom is -0.462 e. The molecule has 0 unspecified atom stereocenters. The number of ether oxygens (including phenoxy) is 1. The number of aryl methyl sites for hydroxylation is 1. The van der Waals surface area contributed by atoms with Crippen LogP contribution in [-0.4, -0.2) is 22.0 Å². The number of nitrogens with zero attached hydrogens (tertiary/aromatic N) is 2. The fraction of sp³-hybridized carbons (Fsp3) is 0.136. The van der Waals surface area contributed by atoms with Crippen LogP contribution in [0.2, 0.25) is 0 Å². The van der Waals surface area contributed by atoms with Crippen molar-refractivity contribution in [3.05, 3.63) is 82.4 Å². The standard InChI is InChI=1S/C22H18N2O3/c1-3-27-22(26)18-13-17(15-9-5-4-6-10-15)21(25)24-14(2)23-19-12-8-7-11-16(19)20(18)24/h4-13H,3H2,1-2H3. The van der Waals surface area contributed by atoms with Gasteiger partial charge in [0.2, 0.25) is 0 Å². The monoisotopic (exact) mass is 358 g/mol. The Morgan fingerprint density at radius 1 is 1.07 bits per heavy atom. The van der Waals surface area contributed by atoms with Gasteiger partial charge in [0.25, 0.3) is 5.56 Å². The third-order valence-corrected chi connectivity index (χ3v) is 4.55. The molecule has 0 saturated heterocycles. The molecule has 2 aromatic heterocycles. The van der Waals surface area contributed by atoms with E-state index in [2.05, 4.69) is 4.98 Å². The maximum Gasteiger partial charge on any atom is 0.340 e. The molecule has 0 aliphatic rings. The topological polar surface area (TPSA) is 60.7 Å². The van der Waals surface area contributed by atoms with Crippen molar-refractivity contribution in [2.75, 3.05) is 6.61 Å². The lowest BCUT2D eigenvalue weighted by Crippen LogP contribution is -2.22. The van der Waals surface area contributed by atoms with Gasteiger partial charge in [-0.15, -0.1) is 0 Å². The normalized spacial score (nSPS) is 11.0. The number of benzene rings is 2. The van der Waals surface area contributed by atoms with Crippen molar-refractivity contribution in [2.24, 2.45) is 0 Å². The van der Waals surface area contributed by atoms with Gasteiger partial charge in [-0.05, 0) is 31.5 Å². The van der Waals surface area contributed by atoms with Gasteiger partial charge in [-0.2, -0.15) is 0 Å². The lowest BCUT2D eigenvalue weighted by molar-refractivity contribution is 0.0528. The minimum absolute atomic E-state index is 0.208. The van der Waals surface area contributed by atoms with Crippen LogP contribution in [0.25, 0.3) is 27.5 Å². The van der Waals surface area contributed by atoms with Crippen molar-refractivity contribution in [2.45, 2.75) is 13.8 Å². The summed E-state index contributed by atoms with van der Waals surface area (Å²) >= 11 is 0. The molecule has 0 aliphatic carbocycles. The summed E-state index contributed by atoms with van der Waals surface area (Å²) in [7, 11) is 0. The number of hydrogen-bond acceptors (Lipinski definition) is 4. The zero-order valence-electron chi connectivity index (χ0n) is 15.1. The molecule has 0 saturated carbocycles. The summed E-state index contributed by atoms with van der Waals surface area (Å²) in [5, 5.41) is 0.739. The number of aromatic nitrogens is 2. The van der Waals surface area contributed by atoms with Crippen LogP contribution in [0.15, 0.2) is 65.5 Å². The Bertz CT molecular complexity index is 1230. The Hall–Kier alpha value is -3.47. The lowest BCUT2D eigenvalue weighted by atomic mass is 10.0. The highest BCUT2D eigenvalue weighted by Crippen LogP contribution is 2.26. The Morgan fingerprint density at radius 3 is 2.52 bits per heavy atom. The number of fused-ring (bicyclic) bond motifs is 3. The number of rotatable bonds is 3. The highest BCUT2D eigenvalue weighted by molar-refractivity contribution is 6.07. The van der Waals surface area contributed by atoms with Crippen LogP contribution in [0, 0.1) is 6.92 Å². The van der Waals surface area contributed by atoms with E-state index >= 15 is 0 Å². The maximum absolute atomic E-state index is 13.3. The quantitative estimate of drug-likeness (QED) is 0.410. The summed E-state index contributed by atoms with van der Waals surface area (Å²) in [4.78, 5) is 30.6. The molecule has 4 aromatic rings. The molecule has 0 bridgehead atoms. The van der Waals surface area contributed by atoms with Crippen molar-refractivity contribution in [1.29, 1.82) is 0 Å². The van der Waals surface area contributed by atoms with Gasteiger partial charge in [-0.3, -0.25) is 9.20 Å². The van der Waals surface area contributed by atoms with Gasteiger partial charge in [0.05, 0.1) is 23.2 Å². The van der Waals surface area contributed by atoms with Crippen molar-refractivity contribution in [3.63, 3.8) is 0 Å². The van der Waals surface area contributed by atoms with Crippen molar-refractivity contribution >= 4 is 22.4 Å². The molecule has 4 rings (SSSR count). The maximum atomic E-state index is 13.3. The van der Waals surface area contributed by atoms with Gasteiger partial charge >= 0.3 is 5.97 Å². The number of hydrogen-bond donors (Lipinski definition) is 0.